The maximum Gasteiger partial charge on any atom is 0.257 e. The van der Waals surface area contributed by atoms with Gasteiger partial charge in [-0.05, 0) is 30.7 Å². The quantitative estimate of drug-likeness (QED) is 0.795. The summed E-state index contributed by atoms with van der Waals surface area (Å²) < 4.78 is 1.62. The molecule has 0 aliphatic carbocycles. The van der Waals surface area contributed by atoms with Crippen molar-refractivity contribution in [2.45, 2.75) is 13.3 Å². The summed E-state index contributed by atoms with van der Waals surface area (Å²) in [6.07, 6.45) is 3.87. The summed E-state index contributed by atoms with van der Waals surface area (Å²) >= 11 is 1.38. The minimum Gasteiger partial charge on any atom is -0.296 e. The Kier molecular flexibility index (Phi) is 3.69. The topological polar surface area (TPSA) is 85.6 Å². The largest absolute Gasteiger partial charge is 0.296 e. The fourth-order valence-electron chi connectivity index (χ4n) is 1.72. The van der Waals surface area contributed by atoms with Crippen LogP contribution in [0.5, 0.6) is 0 Å². The van der Waals surface area contributed by atoms with Crippen LogP contribution in [0.4, 0.5) is 5.13 Å². The molecule has 1 aromatic carbocycles. The van der Waals surface area contributed by atoms with Crippen LogP contribution >= 0.6 is 11.3 Å². The summed E-state index contributed by atoms with van der Waals surface area (Å²) in [7, 11) is 0. The van der Waals surface area contributed by atoms with Crippen molar-refractivity contribution in [3.63, 3.8) is 0 Å². The van der Waals surface area contributed by atoms with Crippen molar-refractivity contribution in [1.29, 1.82) is 0 Å². The molecular weight excluding hydrogens is 288 g/mol. The first kappa shape index (κ1) is 13.4. The van der Waals surface area contributed by atoms with Crippen LogP contribution in [0.3, 0.4) is 0 Å². The van der Waals surface area contributed by atoms with Crippen LogP contribution in [0.25, 0.3) is 5.69 Å². The zero-order valence-electron chi connectivity index (χ0n) is 11.2. The first-order chi connectivity index (χ1) is 10.3. The van der Waals surface area contributed by atoms with E-state index in [4.69, 9.17) is 0 Å². The van der Waals surface area contributed by atoms with E-state index < -0.39 is 0 Å². The predicted octanol–water partition coefficient (Wildman–Crippen LogP) is 1.93. The third-order valence-electron chi connectivity index (χ3n) is 2.80. The van der Waals surface area contributed by atoms with Crippen LogP contribution < -0.4 is 5.32 Å². The summed E-state index contributed by atoms with van der Waals surface area (Å²) in [6.45, 7) is 2.00. The Bertz CT molecular complexity index is 734. The summed E-state index contributed by atoms with van der Waals surface area (Å²) in [5.41, 5.74) is 1.39. The van der Waals surface area contributed by atoms with Gasteiger partial charge in [0.05, 0.1) is 5.69 Å². The number of aryl methyl sites for hydroxylation is 1. The average Bonchev–Trinajstić information content (AvgIpc) is 3.19. The Morgan fingerprint density at radius 1 is 1.29 bits per heavy atom. The van der Waals surface area contributed by atoms with E-state index in [0.29, 0.717) is 10.7 Å². The van der Waals surface area contributed by atoms with Crippen molar-refractivity contribution in [3.8, 4) is 5.69 Å². The normalized spacial score (nSPS) is 10.5. The van der Waals surface area contributed by atoms with E-state index in [1.807, 2.05) is 6.92 Å². The Labute approximate surface area is 124 Å². The van der Waals surface area contributed by atoms with Gasteiger partial charge in [0.2, 0.25) is 5.13 Å². The van der Waals surface area contributed by atoms with Crippen molar-refractivity contribution in [2.24, 2.45) is 0 Å². The lowest BCUT2D eigenvalue weighted by Crippen LogP contribution is -2.11. The van der Waals surface area contributed by atoms with Crippen LogP contribution in [-0.4, -0.2) is 30.9 Å². The van der Waals surface area contributed by atoms with Crippen LogP contribution in [0, 0.1) is 0 Å². The van der Waals surface area contributed by atoms with Gasteiger partial charge in [-0.25, -0.2) is 9.67 Å². The van der Waals surface area contributed by atoms with Gasteiger partial charge >= 0.3 is 0 Å². The molecule has 0 aliphatic heterocycles. The Morgan fingerprint density at radius 2 is 2.10 bits per heavy atom. The fourth-order valence-corrected chi connectivity index (χ4v) is 2.40. The van der Waals surface area contributed by atoms with E-state index in [1.165, 1.54) is 17.7 Å². The number of aromatic nitrogens is 5. The molecule has 0 atom stereocenters. The summed E-state index contributed by atoms with van der Waals surface area (Å²) in [5, 5.41) is 16.1. The van der Waals surface area contributed by atoms with E-state index in [-0.39, 0.29) is 5.91 Å². The van der Waals surface area contributed by atoms with Gasteiger partial charge in [0.15, 0.2) is 0 Å². The van der Waals surface area contributed by atoms with Crippen molar-refractivity contribution in [3.05, 3.63) is 47.5 Å². The number of nitrogens with one attached hydrogen (secondary N) is 1. The molecule has 0 saturated carbocycles. The summed E-state index contributed by atoms with van der Waals surface area (Å²) in [5.74, 6) is -0.209. The highest BCUT2D eigenvalue weighted by Gasteiger charge is 2.10. The minimum absolute atomic E-state index is 0.209. The lowest BCUT2D eigenvalue weighted by atomic mass is 10.2. The van der Waals surface area contributed by atoms with Crippen molar-refractivity contribution in [1.82, 2.24) is 25.0 Å². The van der Waals surface area contributed by atoms with E-state index in [1.54, 1.807) is 35.3 Å². The van der Waals surface area contributed by atoms with Gasteiger partial charge in [-0.3, -0.25) is 10.1 Å². The molecule has 106 valence electrons. The maximum absolute atomic E-state index is 12.1. The number of rotatable bonds is 4. The van der Waals surface area contributed by atoms with Crippen molar-refractivity contribution >= 4 is 22.4 Å². The van der Waals surface area contributed by atoms with Gasteiger partial charge in [-0.1, -0.05) is 18.3 Å². The summed E-state index contributed by atoms with van der Waals surface area (Å²) in [4.78, 5) is 16.0. The number of benzene rings is 1. The van der Waals surface area contributed by atoms with E-state index >= 15 is 0 Å². The second kappa shape index (κ2) is 5.80. The molecule has 0 radical (unpaired) electrons. The fraction of sp³-hybridized carbons (Fsp3) is 0.154. The number of hydrogen-bond donors (Lipinski definition) is 1. The van der Waals surface area contributed by atoms with E-state index in [9.17, 15) is 4.79 Å². The third kappa shape index (κ3) is 2.95. The molecule has 1 amide bonds. The number of carbonyl (C=O) groups excluding carboxylic acids is 1. The molecule has 0 spiro atoms. The van der Waals surface area contributed by atoms with E-state index in [2.05, 4.69) is 25.6 Å². The molecule has 21 heavy (non-hydrogen) atoms. The second-order valence-electron chi connectivity index (χ2n) is 4.20. The van der Waals surface area contributed by atoms with Crippen LogP contribution in [-0.2, 0) is 6.42 Å². The predicted molar refractivity (Wildman–Crippen MR) is 78.6 cm³/mol. The van der Waals surface area contributed by atoms with Crippen molar-refractivity contribution < 1.29 is 4.79 Å². The highest BCUT2D eigenvalue weighted by molar-refractivity contribution is 7.15. The molecule has 0 saturated heterocycles. The number of carbonyl (C=O) groups is 1. The summed E-state index contributed by atoms with van der Waals surface area (Å²) in [6, 6.07) is 7.07. The smallest absolute Gasteiger partial charge is 0.257 e. The standard InChI is InChI=1S/C13H12N6OS/c1-2-11-17-18-13(21-11)16-12(20)9-3-5-10(6-4-9)19-8-14-7-15-19/h3-8H,2H2,1H3,(H,16,18,20). The monoisotopic (exact) mass is 300 g/mol. The lowest BCUT2D eigenvalue weighted by Gasteiger charge is -2.03. The molecule has 2 aromatic heterocycles. The number of anilines is 1. The third-order valence-corrected chi connectivity index (χ3v) is 3.79. The first-order valence-corrected chi connectivity index (χ1v) is 7.16. The molecule has 3 rings (SSSR count). The minimum atomic E-state index is -0.209. The number of hydrogen-bond acceptors (Lipinski definition) is 6. The lowest BCUT2D eigenvalue weighted by molar-refractivity contribution is 0.102. The molecule has 8 heteroatoms. The molecule has 1 N–H and O–H groups in total. The molecular formula is C13H12N6OS. The SMILES string of the molecule is CCc1nnc(NC(=O)c2ccc(-n3cncn3)cc2)s1. The molecule has 0 bridgehead atoms. The molecule has 0 aliphatic rings. The Hall–Kier alpha value is -2.61. The average molecular weight is 300 g/mol. The van der Waals surface area contributed by atoms with Crippen LogP contribution in [0.2, 0.25) is 0 Å². The molecule has 2 heterocycles. The highest BCUT2D eigenvalue weighted by atomic mass is 32.1. The van der Waals surface area contributed by atoms with Gasteiger partial charge in [-0.15, -0.1) is 10.2 Å². The Balaban J connectivity index is 1.73. The van der Waals surface area contributed by atoms with Crippen LogP contribution in [0.15, 0.2) is 36.9 Å². The molecule has 0 fully saturated rings. The first-order valence-electron chi connectivity index (χ1n) is 6.35. The highest BCUT2D eigenvalue weighted by Crippen LogP contribution is 2.17. The van der Waals surface area contributed by atoms with E-state index in [0.717, 1.165) is 17.1 Å². The van der Waals surface area contributed by atoms with Gasteiger partial charge in [0.25, 0.3) is 5.91 Å². The molecule has 0 unspecified atom stereocenters. The van der Waals surface area contributed by atoms with Gasteiger partial charge < -0.3 is 0 Å². The van der Waals surface area contributed by atoms with Crippen LogP contribution in [0.1, 0.15) is 22.3 Å². The second-order valence-corrected chi connectivity index (χ2v) is 5.26. The maximum atomic E-state index is 12.1. The molecule has 7 nitrogen and oxygen atoms in total. The van der Waals surface area contributed by atoms with Gasteiger partial charge in [0.1, 0.15) is 17.7 Å². The zero-order valence-corrected chi connectivity index (χ0v) is 12.0. The molecule has 3 aromatic rings. The number of nitrogens with zero attached hydrogens (tertiary/aromatic N) is 5. The van der Waals surface area contributed by atoms with Gasteiger partial charge in [0, 0.05) is 5.56 Å². The number of amides is 1. The Morgan fingerprint density at radius 3 is 2.71 bits per heavy atom. The van der Waals surface area contributed by atoms with Crippen molar-refractivity contribution in [2.75, 3.05) is 5.32 Å². The van der Waals surface area contributed by atoms with Gasteiger partial charge in [-0.2, -0.15) is 5.10 Å². The zero-order chi connectivity index (χ0) is 14.7.